The van der Waals surface area contributed by atoms with Crippen LogP contribution in [0.25, 0.3) is 0 Å². The van der Waals surface area contributed by atoms with Crippen LogP contribution in [0.15, 0.2) is 18.2 Å². The van der Waals surface area contributed by atoms with Crippen molar-refractivity contribution in [3.05, 3.63) is 29.6 Å². The van der Waals surface area contributed by atoms with Gasteiger partial charge in [-0.05, 0) is 36.8 Å². The quantitative estimate of drug-likeness (QED) is 0.849. The second kappa shape index (κ2) is 4.66. The second-order valence-electron chi connectivity index (χ2n) is 4.25. The van der Waals surface area contributed by atoms with Crippen LogP contribution < -0.4 is 5.32 Å². The lowest BCUT2D eigenvalue weighted by atomic mass is 10.0. The van der Waals surface area contributed by atoms with Gasteiger partial charge in [0, 0.05) is 11.4 Å². The van der Waals surface area contributed by atoms with Crippen LogP contribution in [-0.4, -0.2) is 28.1 Å². The highest BCUT2D eigenvalue weighted by atomic mass is 32.2. The molecule has 1 amide bonds. The predicted molar refractivity (Wildman–Crippen MR) is 66.7 cm³/mol. The highest BCUT2D eigenvalue weighted by Gasteiger charge is 2.39. The number of hydrogen-bond donors (Lipinski definition) is 2. The molecule has 1 aliphatic rings. The van der Waals surface area contributed by atoms with Gasteiger partial charge in [-0.2, -0.15) is 11.8 Å². The summed E-state index contributed by atoms with van der Waals surface area (Å²) in [6, 6.07) is 4.20. The fourth-order valence-corrected chi connectivity index (χ4v) is 2.94. The number of carbonyl (C=O) groups excluding carboxylic acids is 1. The summed E-state index contributed by atoms with van der Waals surface area (Å²) in [5, 5.41) is 12.6. The number of rotatable bonds is 2. The van der Waals surface area contributed by atoms with Crippen molar-refractivity contribution in [2.75, 3.05) is 16.8 Å². The van der Waals surface area contributed by atoms with Crippen LogP contribution in [0.2, 0.25) is 0 Å². The van der Waals surface area contributed by atoms with E-state index >= 15 is 0 Å². The summed E-state index contributed by atoms with van der Waals surface area (Å²) in [6.07, 6.45) is 0.442. The van der Waals surface area contributed by atoms with Crippen LogP contribution >= 0.6 is 11.8 Å². The standard InChI is InChI=1S/C12H14FNO2S/c1-8-2-3-9(13)6-10(8)14-11(15)12(16)4-5-17-7-12/h2-3,6,16H,4-5,7H2,1H3,(H,14,15). The minimum atomic E-state index is -1.32. The van der Waals surface area contributed by atoms with Gasteiger partial charge in [0.25, 0.3) is 5.91 Å². The number of benzene rings is 1. The first-order chi connectivity index (χ1) is 8.01. The third-order valence-corrected chi connectivity index (χ3v) is 4.05. The molecule has 1 aliphatic heterocycles. The van der Waals surface area contributed by atoms with Crippen molar-refractivity contribution in [1.82, 2.24) is 0 Å². The molecule has 1 heterocycles. The van der Waals surface area contributed by atoms with E-state index in [4.69, 9.17) is 0 Å². The molecule has 1 atom stereocenters. The fourth-order valence-electron chi connectivity index (χ4n) is 1.70. The Bertz CT molecular complexity index is 444. The van der Waals surface area contributed by atoms with Crippen molar-refractivity contribution in [3.8, 4) is 0 Å². The molecule has 0 spiro atoms. The Balaban J connectivity index is 2.15. The molecule has 1 aromatic carbocycles. The van der Waals surface area contributed by atoms with Gasteiger partial charge in [0.2, 0.25) is 0 Å². The van der Waals surface area contributed by atoms with Gasteiger partial charge in [0.15, 0.2) is 5.60 Å². The Kier molecular flexibility index (Phi) is 3.40. The lowest BCUT2D eigenvalue weighted by molar-refractivity contribution is -0.131. The van der Waals surface area contributed by atoms with E-state index in [1.54, 1.807) is 24.8 Å². The van der Waals surface area contributed by atoms with Crippen molar-refractivity contribution in [2.45, 2.75) is 18.9 Å². The van der Waals surface area contributed by atoms with E-state index in [2.05, 4.69) is 5.32 Å². The van der Waals surface area contributed by atoms with Crippen LogP contribution in [0.1, 0.15) is 12.0 Å². The van der Waals surface area contributed by atoms with E-state index in [0.29, 0.717) is 17.9 Å². The van der Waals surface area contributed by atoms with Crippen LogP contribution in [0, 0.1) is 12.7 Å². The van der Waals surface area contributed by atoms with E-state index in [1.165, 1.54) is 12.1 Å². The summed E-state index contributed by atoms with van der Waals surface area (Å²) < 4.78 is 13.1. The maximum absolute atomic E-state index is 13.1. The van der Waals surface area contributed by atoms with Gasteiger partial charge in [-0.15, -0.1) is 0 Å². The zero-order valence-electron chi connectivity index (χ0n) is 9.50. The van der Waals surface area contributed by atoms with Crippen molar-refractivity contribution < 1.29 is 14.3 Å². The number of amides is 1. The van der Waals surface area contributed by atoms with Crippen LogP contribution in [0.4, 0.5) is 10.1 Å². The average Bonchev–Trinajstić information content (AvgIpc) is 2.72. The first-order valence-corrected chi connectivity index (χ1v) is 6.54. The smallest absolute Gasteiger partial charge is 0.257 e. The topological polar surface area (TPSA) is 49.3 Å². The van der Waals surface area contributed by atoms with E-state index in [1.807, 2.05) is 0 Å². The lowest BCUT2D eigenvalue weighted by Crippen LogP contribution is -2.43. The number of hydrogen-bond acceptors (Lipinski definition) is 3. The molecule has 0 aliphatic carbocycles. The Morgan fingerprint density at radius 3 is 3.00 bits per heavy atom. The molecule has 1 unspecified atom stereocenters. The fraction of sp³-hybridized carbons (Fsp3) is 0.417. The molecule has 2 rings (SSSR count). The molecule has 0 bridgehead atoms. The number of halogens is 1. The number of aryl methyl sites for hydroxylation is 1. The molecule has 17 heavy (non-hydrogen) atoms. The first-order valence-electron chi connectivity index (χ1n) is 5.39. The SMILES string of the molecule is Cc1ccc(F)cc1NC(=O)C1(O)CCSC1. The van der Waals surface area contributed by atoms with E-state index in [-0.39, 0.29) is 0 Å². The minimum Gasteiger partial charge on any atom is -0.379 e. The van der Waals surface area contributed by atoms with Crippen molar-refractivity contribution >= 4 is 23.4 Å². The number of thioether (sulfide) groups is 1. The van der Waals surface area contributed by atoms with Gasteiger partial charge in [0.1, 0.15) is 5.82 Å². The largest absolute Gasteiger partial charge is 0.379 e. The van der Waals surface area contributed by atoms with Crippen molar-refractivity contribution in [1.29, 1.82) is 0 Å². The lowest BCUT2D eigenvalue weighted by Gasteiger charge is -2.20. The van der Waals surface area contributed by atoms with E-state index in [9.17, 15) is 14.3 Å². The van der Waals surface area contributed by atoms with Crippen molar-refractivity contribution in [3.63, 3.8) is 0 Å². The molecule has 1 fully saturated rings. The predicted octanol–water partition coefficient (Wildman–Crippen LogP) is 1.94. The zero-order valence-corrected chi connectivity index (χ0v) is 10.3. The molecule has 3 nitrogen and oxygen atoms in total. The van der Waals surface area contributed by atoms with Crippen LogP contribution in [-0.2, 0) is 4.79 Å². The normalized spacial score (nSPS) is 23.7. The summed E-state index contributed by atoms with van der Waals surface area (Å²) in [4.78, 5) is 11.9. The number of anilines is 1. The van der Waals surface area contributed by atoms with Crippen molar-refractivity contribution in [2.24, 2.45) is 0 Å². The van der Waals surface area contributed by atoms with Gasteiger partial charge in [-0.25, -0.2) is 4.39 Å². The number of nitrogens with one attached hydrogen (secondary N) is 1. The summed E-state index contributed by atoms with van der Waals surface area (Å²) >= 11 is 1.54. The Labute approximate surface area is 103 Å². The Morgan fingerprint density at radius 1 is 1.59 bits per heavy atom. The Hall–Kier alpha value is -1.07. The van der Waals surface area contributed by atoms with Crippen LogP contribution in [0.3, 0.4) is 0 Å². The number of aliphatic hydroxyl groups is 1. The maximum Gasteiger partial charge on any atom is 0.257 e. The third-order valence-electron chi connectivity index (χ3n) is 2.87. The molecule has 1 saturated heterocycles. The van der Waals surface area contributed by atoms with Gasteiger partial charge < -0.3 is 10.4 Å². The summed E-state index contributed by atoms with van der Waals surface area (Å²) in [6.45, 7) is 1.78. The highest BCUT2D eigenvalue weighted by Crippen LogP contribution is 2.29. The molecule has 0 saturated carbocycles. The third kappa shape index (κ3) is 2.61. The second-order valence-corrected chi connectivity index (χ2v) is 5.35. The zero-order chi connectivity index (χ0) is 12.5. The van der Waals surface area contributed by atoms with Gasteiger partial charge in [0.05, 0.1) is 0 Å². The molecular weight excluding hydrogens is 241 g/mol. The van der Waals surface area contributed by atoms with Gasteiger partial charge in [-0.1, -0.05) is 6.07 Å². The minimum absolute atomic E-state index is 0.396. The molecular formula is C12H14FNO2S. The molecule has 92 valence electrons. The Morgan fingerprint density at radius 2 is 2.35 bits per heavy atom. The van der Waals surface area contributed by atoms with Gasteiger partial charge in [-0.3, -0.25) is 4.79 Å². The van der Waals surface area contributed by atoms with Crippen LogP contribution in [0.5, 0.6) is 0 Å². The van der Waals surface area contributed by atoms with E-state index < -0.39 is 17.3 Å². The molecule has 2 N–H and O–H groups in total. The van der Waals surface area contributed by atoms with E-state index in [0.717, 1.165) is 11.3 Å². The average molecular weight is 255 g/mol. The monoisotopic (exact) mass is 255 g/mol. The molecule has 0 aromatic heterocycles. The summed E-state index contributed by atoms with van der Waals surface area (Å²) in [7, 11) is 0. The first kappa shape index (κ1) is 12.4. The van der Waals surface area contributed by atoms with Gasteiger partial charge >= 0.3 is 0 Å². The summed E-state index contributed by atoms with van der Waals surface area (Å²) in [5.41, 5.74) is -0.127. The number of carbonyl (C=O) groups is 1. The molecule has 0 radical (unpaired) electrons. The maximum atomic E-state index is 13.1. The molecule has 1 aromatic rings. The molecule has 5 heteroatoms. The highest BCUT2D eigenvalue weighted by molar-refractivity contribution is 7.99. The summed E-state index contributed by atoms with van der Waals surface area (Å²) in [5.74, 6) is 0.314.